The maximum Gasteiger partial charge on any atom is 0.250 e. The quantitative estimate of drug-likeness (QED) is 0.672. The molecule has 1 aromatic heterocycles. The second-order valence-corrected chi connectivity index (χ2v) is 7.61. The van der Waals surface area contributed by atoms with Crippen molar-refractivity contribution in [2.75, 3.05) is 13.1 Å². The minimum absolute atomic E-state index is 0.171. The monoisotopic (exact) mass is 305 g/mol. The fraction of sp³-hybridized carbons (Fsp3) is 0.545. The van der Waals surface area contributed by atoms with Gasteiger partial charge in [0.15, 0.2) is 0 Å². The van der Waals surface area contributed by atoms with Gasteiger partial charge in [-0.3, -0.25) is 4.79 Å². The van der Waals surface area contributed by atoms with Gasteiger partial charge in [-0.05, 0) is 18.1 Å². The van der Waals surface area contributed by atoms with Crippen molar-refractivity contribution in [1.82, 2.24) is 10.0 Å². The predicted molar refractivity (Wildman–Crippen MR) is 75.2 cm³/mol. The lowest BCUT2D eigenvalue weighted by atomic mass is 10.2. The SMILES string of the molecule is CC(C)CNC(=O)CNS(=O)(=O)c1ccc(CN)s1. The molecule has 1 heterocycles. The molecule has 0 saturated carbocycles. The Morgan fingerprint density at radius 3 is 2.63 bits per heavy atom. The van der Waals surface area contributed by atoms with Gasteiger partial charge in [0.25, 0.3) is 10.0 Å². The Hall–Kier alpha value is -0.960. The molecule has 0 fully saturated rings. The normalized spacial score (nSPS) is 11.8. The first-order chi connectivity index (χ1) is 8.85. The number of hydrogen-bond donors (Lipinski definition) is 3. The van der Waals surface area contributed by atoms with Gasteiger partial charge in [0.2, 0.25) is 5.91 Å². The fourth-order valence-electron chi connectivity index (χ4n) is 1.22. The third-order valence-corrected chi connectivity index (χ3v) is 5.23. The van der Waals surface area contributed by atoms with Crippen molar-refractivity contribution >= 4 is 27.3 Å². The highest BCUT2D eigenvalue weighted by Gasteiger charge is 2.17. The third-order valence-electron chi connectivity index (χ3n) is 2.23. The molecule has 1 aromatic rings. The molecule has 0 bridgehead atoms. The molecule has 4 N–H and O–H groups in total. The smallest absolute Gasteiger partial charge is 0.250 e. The molecule has 6 nitrogen and oxygen atoms in total. The molecule has 0 aromatic carbocycles. The number of thiophene rings is 1. The first-order valence-corrected chi connectivity index (χ1v) is 8.20. The molecule has 0 aliphatic rings. The van der Waals surface area contributed by atoms with Crippen LogP contribution >= 0.6 is 11.3 Å². The van der Waals surface area contributed by atoms with Crippen molar-refractivity contribution in [3.8, 4) is 0 Å². The van der Waals surface area contributed by atoms with Crippen LogP contribution in [0.15, 0.2) is 16.3 Å². The number of nitrogens with one attached hydrogen (secondary N) is 2. The van der Waals surface area contributed by atoms with Crippen molar-refractivity contribution in [3.05, 3.63) is 17.0 Å². The van der Waals surface area contributed by atoms with Gasteiger partial charge in [-0.25, -0.2) is 13.1 Å². The average molecular weight is 305 g/mol. The van der Waals surface area contributed by atoms with E-state index in [1.165, 1.54) is 6.07 Å². The molecule has 19 heavy (non-hydrogen) atoms. The van der Waals surface area contributed by atoms with Crippen molar-refractivity contribution in [1.29, 1.82) is 0 Å². The van der Waals surface area contributed by atoms with Crippen molar-refractivity contribution in [3.63, 3.8) is 0 Å². The number of rotatable bonds is 7. The van der Waals surface area contributed by atoms with Crippen LogP contribution in [0, 0.1) is 5.92 Å². The number of carbonyl (C=O) groups excluding carboxylic acids is 1. The van der Waals surface area contributed by atoms with Gasteiger partial charge in [0.05, 0.1) is 6.54 Å². The second kappa shape index (κ2) is 6.99. The topological polar surface area (TPSA) is 101 Å². The summed E-state index contributed by atoms with van der Waals surface area (Å²) in [7, 11) is -3.63. The summed E-state index contributed by atoms with van der Waals surface area (Å²) in [5.41, 5.74) is 5.43. The Morgan fingerprint density at radius 1 is 1.42 bits per heavy atom. The molecule has 8 heteroatoms. The predicted octanol–water partition coefficient (Wildman–Crippen LogP) is 0.257. The van der Waals surface area contributed by atoms with Gasteiger partial charge in [0, 0.05) is 18.0 Å². The molecule has 108 valence electrons. The summed E-state index contributed by atoms with van der Waals surface area (Å²) in [6, 6.07) is 3.15. The number of carbonyl (C=O) groups is 1. The number of amides is 1. The van der Waals surface area contributed by atoms with Gasteiger partial charge in [-0.1, -0.05) is 13.8 Å². The van der Waals surface area contributed by atoms with Gasteiger partial charge in [-0.2, -0.15) is 0 Å². The highest BCUT2D eigenvalue weighted by Crippen LogP contribution is 2.20. The molecule has 0 spiro atoms. The zero-order valence-electron chi connectivity index (χ0n) is 11.0. The highest BCUT2D eigenvalue weighted by atomic mass is 32.2. The number of sulfonamides is 1. The lowest BCUT2D eigenvalue weighted by Crippen LogP contribution is -2.38. The van der Waals surface area contributed by atoms with Gasteiger partial charge in [0.1, 0.15) is 4.21 Å². The van der Waals surface area contributed by atoms with E-state index in [2.05, 4.69) is 10.0 Å². The minimum atomic E-state index is -3.63. The molecule has 0 aliphatic carbocycles. The lowest BCUT2D eigenvalue weighted by Gasteiger charge is -2.08. The zero-order chi connectivity index (χ0) is 14.5. The first-order valence-electron chi connectivity index (χ1n) is 5.90. The maximum absolute atomic E-state index is 11.9. The Bertz CT molecular complexity index is 523. The van der Waals surface area contributed by atoms with Crippen molar-refractivity contribution < 1.29 is 13.2 Å². The molecule has 0 atom stereocenters. The van der Waals surface area contributed by atoms with Crippen LogP contribution in [0.25, 0.3) is 0 Å². The van der Waals surface area contributed by atoms with Crippen LogP contribution in [0.3, 0.4) is 0 Å². The summed E-state index contributed by atoms with van der Waals surface area (Å²) in [5.74, 6) is -0.0159. The second-order valence-electron chi connectivity index (χ2n) is 4.45. The van der Waals surface area contributed by atoms with E-state index in [0.29, 0.717) is 19.0 Å². The zero-order valence-corrected chi connectivity index (χ0v) is 12.6. The molecular weight excluding hydrogens is 286 g/mol. The molecule has 1 amide bonds. The Kier molecular flexibility index (Phi) is 5.92. The van der Waals surface area contributed by atoms with Gasteiger partial charge < -0.3 is 11.1 Å². The van der Waals surface area contributed by atoms with Crippen LogP contribution in [-0.2, 0) is 21.4 Å². The van der Waals surface area contributed by atoms with Gasteiger partial charge in [-0.15, -0.1) is 11.3 Å². The van der Waals surface area contributed by atoms with E-state index in [0.717, 1.165) is 16.2 Å². The van der Waals surface area contributed by atoms with E-state index in [4.69, 9.17) is 5.73 Å². The first kappa shape index (κ1) is 16.1. The van der Waals surface area contributed by atoms with Crippen LogP contribution in [0.4, 0.5) is 0 Å². The number of hydrogen-bond acceptors (Lipinski definition) is 5. The Labute approximate surface area is 117 Å². The van der Waals surface area contributed by atoms with E-state index >= 15 is 0 Å². The Morgan fingerprint density at radius 2 is 2.11 bits per heavy atom. The third kappa shape index (κ3) is 5.27. The highest BCUT2D eigenvalue weighted by molar-refractivity contribution is 7.91. The maximum atomic E-state index is 11.9. The van der Waals surface area contributed by atoms with Crippen LogP contribution in [-0.4, -0.2) is 27.4 Å². The summed E-state index contributed by atoms with van der Waals surface area (Å²) in [4.78, 5) is 12.2. The summed E-state index contributed by atoms with van der Waals surface area (Å²) in [6.45, 7) is 4.49. The Balaban J connectivity index is 2.53. The van der Waals surface area contributed by atoms with Gasteiger partial charge >= 0.3 is 0 Å². The van der Waals surface area contributed by atoms with Crippen LogP contribution < -0.4 is 15.8 Å². The molecule has 0 saturated heterocycles. The fourth-order valence-corrected chi connectivity index (χ4v) is 3.49. The van der Waals surface area contributed by atoms with Crippen LogP contribution in [0.2, 0.25) is 0 Å². The summed E-state index contributed by atoms with van der Waals surface area (Å²) < 4.78 is 26.2. The van der Waals surface area contributed by atoms with E-state index < -0.39 is 10.0 Å². The molecule has 0 aliphatic heterocycles. The average Bonchev–Trinajstić information content (AvgIpc) is 2.83. The van der Waals surface area contributed by atoms with E-state index in [1.54, 1.807) is 6.07 Å². The standard InChI is InChI=1S/C11H19N3O3S2/c1-8(2)6-13-10(15)7-14-19(16,17)11-4-3-9(5-12)18-11/h3-4,8,14H,5-7,12H2,1-2H3,(H,13,15). The van der Waals surface area contributed by atoms with E-state index in [1.807, 2.05) is 13.8 Å². The molecule has 0 radical (unpaired) electrons. The van der Waals surface area contributed by atoms with Crippen molar-refractivity contribution in [2.24, 2.45) is 11.7 Å². The summed E-state index contributed by atoms with van der Waals surface area (Å²) >= 11 is 1.10. The molecule has 0 unspecified atom stereocenters. The molecular formula is C11H19N3O3S2. The largest absolute Gasteiger partial charge is 0.355 e. The number of nitrogens with two attached hydrogens (primary N) is 1. The molecule has 1 rings (SSSR count). The summed E-state index contributed by atoms with van der Waals surface area (Å²) in [6.07, 6.45) is 0. The van der Waals surface area contributed by atoms with E-state index in [-0.39, 0.29) is 16.7 Å². The minimum Gasteiger partial charge on any atom is -0.355 e. The summed E-state index contributed by atoms with van der Waals surface area (Å²) in [5, 5.41) is 2.64. The lowest BCUT2D eigenvalue weighted by molar-refractivity contribution is -0.120. The van der Waals surface area contributed by atoms with E-state index in [9.17, 15) is 13.2 Å². The van der Waals surface area contributed by atoms with Crippen LogP contribution in [0.1, 0.15) is 18.7 Å². The van der Waals surface area contributed by atoms with Crippen molar-refractivity contribution in [2.45, 2.75) is 24.6 Å². The van der Waals surface area contributed by atoms with Crippen LogP contribution in [0.5, 0.6) is 0 Å².